The Morgan fingerprint density at radius 1 is 1.42 bits per heavy atom. The molecule has 0 aliphatic carbocycles. The second kappa shape index (κ2) is 2.57. The van der Waals surface area contributed by atoms with E-state index in [1.807, 2.05) is 4.98 Å². The van der Waals surface area contributed by atoms with Crippen molar-refractivity contribution < 1.29 is 20.1 Å². The molecule has 0 aromatic carbocycles. The highest BCUT2D eigenvalue weighted by molar-refractivity contribution is 5.92. The van der Waals surface area contributed by atoms with E-state index in [2.05, 4.69) is 0 Å². The number of aromatic nitrogens is 1. The topological polar surface area (TPSA) is 111 Å². The van der Waals surface area contributed by atoms with Crippen LogP contribution in [0.5, 0.6) is 11.6 Å². The van der Waals surface area contributed by atoms with Crippen molar-refractivity contribution in [3.8, 4) is 11.6 Å². The van der Waals surface area contributed by atoms with Crippen molar-refractivity contribution in [2.24, 2.45) is 0 Å². The molecule has 1 aromatic rings. The van der Waals surface area contributed by atoms with Crippen molar-refractivity contribution in [2.45, 2.75) is 0 Å². The van der Waals surface area contributed by atoms with Gasteiger partial charge in [-0.05, 0) is 0 Å². The van der Waals surface area contributed by atoms with Crippen LogP contribution in [0.2, 0.25) is 0 Å². The zero-order valence-electron chi connectivity index (χ0n) is 5.74. The van der Waals surface area contributed by atoms with E-state index in [4.69, 9.17) is 15.3 Å². The molecule has 0 atom stereocenters. The van der Waals surface area contributed by atoms with Crippen LogP contribution in [0, 0.1) is 0 Å². The minimum absolute atomic E-state index is 0.670. The molecule has 0 spiro atoms. The van der Waals surface area contributed by atoms with E-state index in [9.17, 15) is 9.59 Å². The largest absolute Gasteiger partial charge is 0.507 e. The molecule has 0 fully saturated rings. The maximum Gasteiger partial charge on any atom is 0.344 e. The van der Waals surface area contributed by atoms with Gasteiger partial charge in [-0.15, -0.1) is 0 Å². The number of carboxylic acid groups (broad SMARTS) is 1. The Balaban J connectivity index is 3.48. The summed E-state index contributed by atoms with van der Waals surface area (Å²) in [7, 11) is 0. The smallest absolute Gasteiger partial charge is 0.344 e. The number of aromatic hydroxyl groups is 2. The van der Waals surface area contributed by atoms with Crippen molar-refractivity contribution in [1.82, 2.24) is 4.98 Å². The van der Waals surface area contributed by atoms with Crippen molar-refractivity contribution in [3.05, 3.63) is 22.0 Å². The van der Waals surface area contributed by atoms with E-state index in [1.54, 1.807) is 0 Å². The van der Waals surface area contributed by atoms with Gasteiger partial charge in [0.05, 0.1) is 0 Å². The summed E-state index contributed by atoms with van der Waals surface area (Å²) in [6, 6.07) is 0.670. The second-order valence-corrected chi connectivity index (χ2v) is 2.05. The maximum absolute atomic E-state index is 10.5. The number of rotatable bonds is 1. The number of hydrogen-bond donors (Lipinski definition) is 4. The Morgan fingerprint density at radius 3 is 2.42 bits per heavy atom. The highest BCUT2D eigenvalue weighted by Gasteiger charge is 2.16. The standard InChI is InChI=1S/C6H5NO5/c8-2-1-3(9)7-5(10)4(2)6(11)12/h1H,(H,11,12)(H3,7,8,9,10). The second-order valence-electron chi connectivity index (χ2n) is 2.05. The molecule has 0 aliphatic heterocycles. The Bertz CT molecular complexity index is 354. The molecule has 1 heterocycles. The quantitative estimate of drug-likeness (QED) is 0.454. The lowest BCUT2D eigenvalue weighted by molar-refractivity contribution is 0.0689. The summed E-state index contributed by atoms with van der Waals surface area (Å²) < 4.78 is 0. The highest BCUT2D eigenvalue weighted by Crippen LogP contribution is 2.21. The number of carboxylic acids is 1. The van der Waals surface area contributed by atoms with E-state index >= 15 is 0 Å². The third-order valence-corrected chi connectivity index (χ3v) is 1.22. The van der Waals surface area contributed by atoms with Gasteiger partial charge in [0.25, 0.3) is 5.56 Å². The zero-order valence-corrected chi connectivity index (χ0v) is 5.74. The summed E-state index contributed by atoms with van der Waals surface area (Å²) in [5.41, 5.74) is -1.48. The molecule has 64 valence electrons. The fourth-order valence-electron chi connectivity index (χ4n) is 0.744. The molecule has 0 amide bonds. The predicted molar refractivity (Wildman–Crippen MR) is 37.4 cm³/mol. The summed E-state index contributed by atoms with van der Waals surface area (Å²) in [5, 5.41) is 26.1. The van der Waals surface area contributed by atoms with Gasteiger partial charge in [-0.2, -0.15) is 0 Å². The van der Waals surface area contributed by atoms with Crippen LogP contribution in [-0.4, -0.2) is 26.3 Å². The van der Waals surface area contributed by atoms with Crippen molar-refractivity contribution in [2.75, 3.05) is 0 Å². The lowest BCUT2D eigenvalue weighted by Gasteiger charge is -1.99. The first-order chi connectivity index (χ1) is 5.52. The average molecular weight is 171 g/mol. The van der Waals surface area contributed by atoms with Crippen LogP contribution in [0.3, 0.4) is 0 Å². The minimum atomic E-state index is -1.51. The van der Waals surface area contributed by atoms with Crippen molar-refractivity contribution in [1.29, 1.82) is 0 Å². The number of aromatic carboxylic acids is 1. The predicted octanol–water partition coefficient (Wildman–Crippen LogP) is -0.516. The zero-order chi connectivity index (χ0) is 9.30. The molecule has 1 rings (SSSR count). The molecule has 0 bridgehead atoms. The van der Waals surface area contributed by atoms with Crippen LogP contribution in [0.4, 0.5) is 0 Å². The molecule has 1 aromatic heterocycles. The molecule has 0 unspecified atom stereocenters. The van der Waals surface area contributed by atoms with Gasteiger partial charge in [-0.1, -0.05) is 0 Å². The molecule has 12 heavy (non-hydrogen) atoms. The summed E-state index contributed by atoms with van der Waals surface area (Å²) in [6.45, 7) is 0. The van der Waals surface area contributed by atoms with Crippen LogP contribution in [-0.2, 0) is 0 Å². The molecule has 0 radical (unpaired) electrons. The lowest BCUT2D eigenvalue weighted by Crippen LogP contribution is -2.08. The van der Waals surface area contributed by atoms with Gasteiger partial charge in [-0.3, -0.25) is 9.78 Å². The van der Waals surface area contributed by atoms with Gasteiger partial charge in [0.15, 0.2) is 5.56 Å². The van der Waals surface area contributed by atoms with Gasteiger partial charge in [0.1, 0.15) is 5.75 Å². The number of aromatic amines is 1. The molecule has 0 aliphatic rings. The molecule has 0 saturated carbocycles. The van der Waals surface area contributed by atoms with Crippen molar-refractivity contribution in [3.63, 3.8) is 0 Å². The van der Waals surface area contributed by atoms with E-state index < -0.39 is 28.7 Å². The Kier molecular flexibility index (Phi) is 1.74. The van der Waals surface area contributed by atoms with Crippen LogP contribution >= 0.6 is 0 Å². The molecule has 6 nitrogen and oxygen atoms in total. The average Bonchev–Trinajstić information content (AvgIpc) is 1.82. The SMILES string of the molecule is O=C(O)c1c(O)cc(=O)[nH]c1O. The number of hydrogen-bond acceptors (Lipinski definition) is 4. The van der Waals surface area contributed by atoms with Crippen LogP contribution in [0.1, 0.15) is 10.4 Å². The summed E-state index contributed by atoms with van der Waals surface area (Å²) in [4.78, 5) is 22.6. The summed E-state index contributed by atoms with van der Waals surface area (Å²) in [5.74, 6) is -3.13. The number of H-pyrrole nitrogens is 1. The summed E-state index contributed by atoms with van der Waals surface area (Å²) >= 11 is 0. The minimum Gasteiger partial charge on any atom is -0.507 e. The van der Waals surface area contributed by atoms with Gasteiger partial charge in [-0.25, -0.2) is 4.79 Å². The third kappa shape index (κ3) is 1.22. The first-order valence-corrected chi connectivity index (χ1v) is 2.91. The number of nitrogens with one attached hydrogen (secondary N) is 1. The summed E-state index contributed by atoms with van der Waals surface area (Å²) in [6.07, 6.45) is 0. The molecule has 6 heteroatoms. The van der Waals surface area contributed by atoms with E-state index in [0.717, 1.165) is 0 Å². The van der Waals surface area contributed by atoms with Crippen LogP contribution in [0.15, 0.2) is 10.9 Å². The Labute approximate surface area is 65.7 Å². The fourth-order valence-corrected chi connectivity index (χ4v) is 0.744. The normalized spacial score (nSPS) is 9.67. The van der Waals surface area contributed by atoms with Gasteiger partial charge < -0.3 is 15.3 Å². The fraction of sp³-hybridized carbons (Fsp3) is 0. The molecule has 0 saturated heterocycles. The number of carbonyl (C=O) groups is 1. The van der Waals surface area contributed by atoms with Crippen molar-refractivity contribution >= 4 is 5.97 Å². The van der Waals surface area contributed by atoms with Gasteiger partial charge in [0.2, 0.25) is 5.88 Å². The first kappa shape index (κ1) is 8.12. The first-order valence-electron chi connectivity index (χ1n) is 2.91. The monoisotopic (exact) mass is 171 g/mol. The highest BCUT2D eigenvalue weighted by atomic mass is 16.4. The van der Waals surface area contributed by atoms with E-state index in [0.29, 0.717) is 6.07 Å². The van der Waals surface area contributed by atoms with E-state index in [1.165, 1.54) is 0 Å². The Hall–Kier alpha value is -1.98. The van der Waals surface area contributed by atoms with E-state index in [-0.39, 0.29) is 0 Å². The lowest BCUT2D eigenvalue weighted by atomic mass is 10.2. The molecule has 4 N–H and O–H groups in total. The van der Waals surface area contributed by atoms with Crippen LogP contribution < -0.4 is 5.56 Å². The molecular formula is C6H5NO5. The Morgan fingerprint density at radius 2 is 2.00 bits per heavy atom. The van der Waals surface area contributed by atoms with Crippen LogP contribution in [0.25, 0.3) is 0 Å². The maximum atomic E-state index is 10.5. The van der Waals surface area contributed by atoms with Gasteiger partial charge in [0, 0.05) is 6.07 Å². The molecular weight excluding hydrogens is 166 g/mol. The number of pyridine rings is 1. The van der Waals surface area contributed by atoms with Gasteiger partial charge >= 0.3 is 5.97 Å². The third-order valence-electron chi connectivity index (χ3n) is 1.22.